The van der Waals surface area contributed by atoms with Crippen LogP contribution in [0, 0.1) is 11.6 Å². The highest BCUT2D eigenvalue weighted by atomic mass is 31.2. The number of phosphoric ester groups is 1. The van der Waals surface area contributed by atoms with E-state index in [0.29, 0.717) is 0 Å². The highest BCUT2D eigenvalue weighted by Gasteiger charge is 2.25. The molecule has 0 aliphatic carbocycles. The highest BCUT2D eigenvalue weighted by Crippen LogP contribution is 2.44. The third kappa shape index (κ3) is 4.60. The highest BCUT2D eigenvalue weighted by molar-refractivity contribution is 7.48. The van der Waals surface area contributed by atoms with Crippen molar-refractivity contribution in [1.82, 2.24) is 0 Å². The first-order chi connectivity index (χ1) is 8.94. The van der Waals surface area contributed by atoms with Crippen LogP contribution in [-0.4, -0.2) is 4.89 Å². The molecule has 4 nitrogen and oxygen atoms in total. The van der Waals surface area contributed by atoms with E-state index in [1.807, 2.05) is 0 Å². The van der Waals surface area contributed by atoms with Gasteiger partial charge in [-0.3, -0.25) is 9.60 Å². The van der Waals surface area contributed by atoms with Gasteiger partial charge in [-0.1, -0.05) is 0 Å². The van der Waals surface area contributed by atoms with Gasteiger partial charge in [-0.2, -0.15) is 0 Å². The van der Waals surface area contributed by atoms with Crippen molar-refractivity contribution < 1.29 is 32.0 Å². The molecule has 0 unspecified atom stereocenters. The second-order valence-corrected chi connectivity index (χ2v) is 4.86. The SMILES string of the molecule is F.O=P(O)(Oc1ccc(F)cc1)Oc1ccc(F)cc1. The van der Waals surface area contributed by atoms with E-state index in [2.05, 4.69) is 0 Å². The zero-order chi connectivity index (χ0) is 13.9. The summed E-state index contributed by atoms with van der Waals surface area (Å²) in [6, 6.07) is 9.05. The van der Waals surface area contributed by atoms with Gasteiger partial charge in [0.05, 0.1) is 0 Å². The molecule has 0 atom stereocenters. The van der Waals surface area contributed by atoms with Gasteiger partial charge in [0.25, 0.3) is 0 Å². The maximum atomic E-state index is 12.7. The summed E-state index contributed by atoms with van der Waals surface area (Å²) in [5.41, 5.74) is 0. The summed E-state index contributed by atoms with van der Waals surface area (Å²) in [6.07, 6.45) is 0. The molecular formula is C12H10F3O4P. The van der Waals surface area contributed by atoms with Gasteiger partial charge in [0, 0.05) is 0 Å². The molecule has 1 N–H and O–H groups in total. The molecular weight excluding hydrogens is 296 g/mol. The van der Waals surface area contributed by atoms with Crippen molar-refractivity contribution in [2.24, 2.45) is 0 Å². The summed E-state index contributed by atoms with van der Waals surface area (Å²) in [5.74, 6) is -1.04. The van der Waals surface area contributed by atoms with Gasteiger partial charge in [0.2, 0.25) is 0 Å². The first-order valence-corrected chi connectivity index (χ1v) is 6.67. The van der Waals surface area contributed by atoms with E-state index >= 15 is 0 Å². The van der Waals surface area contributed by atoms with Crippen LogP contribution in [0.3, 0.4) is 0 Å². The van der Waals surface area contributed by atoms with Crippen LogP contribution in [0.5, 0.6) is 11.5 Å². The summed E-state index contributed by atoms with van der Waals surface area (Å²) in [5, 5.41) is 0. The average Bonchev–Trinajstić information content (AvgIpc) is 2.34. The van der Waals surface area contributed by atoms with E-state index in [0.717, 1.165) is 24.3 Å². The van der Waals surface area contributed by atoms with Crippen molar-refractivity contribution >= 4 is 7.82 Å². The fraction of sp³-hybridized carbons (Fsp3) is 0. The molecule has 0 saturated carbocycles. The Morgan fingerprint density at radius 2 is 1.10 bits per heavy atom. The Morgan fingerprint density at radius 1 is 0.800 bits per heavy atom. The first kappa shape index (κ1) is 16.1. The lowest BCUT2D eigenvalue weighted by Crippen LogP contribution is -1.99. The molecule has 0 fully saturated rings. The molecule has 2 aromatic rings. The molecule has 2 aromatic carbocycles. The monoisotopic (exact) mass is 306 g/mol. The van der Waals surface area contributed by atoms with Crippen LogP contribution >= 0.6 is 7.82 Å². The van der Waals surface area contributed by atoms with Gasteiger partial charge in [0.15, 0.2) is 0 Å². The fourth-order valence-corrected chi connectivity index (χ4v) is 2.09. The molecule has 0 spiro atoms. The van der Waals surface area contributed by atoms with E-state index in [9.17, 15) is 18.2 Å². The average molecular weight is 306 g/mol. The quantitative estimate of drug-likeness (QED) is 0.876. The molecule has 2 rings (SSSR count). The van der Waals surface area contributed by atoms with Crippen molar-refractivity contribution in [2.75, 3.05) is 0 Å². The van der Waals surface area contributed by atoms with E-state index in [-0.39, 0.29) is 16.2 Å². The number of hydrogen-bond donors (Lipinski definition) is 1. The molecule has 0 radical (unpaired) electrons. The summed E-state index contributed by atoms with van der Waals surface area (Å²) in [7, 11) is -4.41. The van der Waals surface area contributed by atoms with Gasteiger partial charge in [0.1, 0.15) is 23.1 Å². The lowest BCUT2D eigenvalue weighted by molar-refractivity contribution is 0.290. The predicted octanol–water partition coefficient (Wildman–Crippen LogP) is 3.68. The zero-order valence-electron chi connectivity index (χ0n) is 9.90. The standard InChI is InChI=1S/C12H9F2O4P.FH/c13-9-1-5-11(6-2-9)17-19(15,16)18-12-7-3-10(14)4-8-12;/h1-8H,(H,15,16);1H. The van der Waals surface area contributed by atoms with Gasteiger partial charge >= 0.3 is 7.82 Å². The lowest BCUT2D eigenvalue weighted by atomic mass is 10.3. The molecule has 0 saturated heterocycles. The van der Waals surface area contributed by atoms with Crippen LogP contribution in [0.25, 0.3) is 0 Å². The van der Waals surface area contributed by atoms with Crippen LogP contribution in [0.15, 0.2) is 48.5 Å². The van der Waals surface area contributed by atoms with Crippen LogP contribution < -0.4 is 9.05 Å². The lowest BCUT2D eigenvalue weighted by Gasteiger charge is -2.13. The van der Waals surface area contributed by atoms with Crippen LogP contribution in [0.4, 0.5) is 13.5 Å². The molecule has 0 heterocycles. The topological polar surface area (TPSA) is 55.8 Å². The molecule has 8 heteroatoms. The van der Waals surface area contributed by atoms with E-state index in [1.165, 1.54) is 24.3 Å². The molecule has 108 valence electrons. The molecule has 0 aliphatic heterocycles. The number of rotatable bonds is 4. The fourth-order valence-electron chi connectivity index (χ4n) is 1.28. The molecule has 20 heavy (non-hydrogen) atoms. The Morgan fingerprint density at radius 3 is 1.40 bits per heavy atom. The van der Waals surface area contributed by atoms with Crippen molar-refractivity contribution in [3.05, 3.63) is 60.2 Å². The zero-order valence-corrected chi connectivity index (χ0v) is 10.8. The number of benzene rings is 2. The third-order valence-electron chi connectivity index (χ3n) is 2.07. The largest absolute Gasteiger partial charge is 0.584 e. The number of hydrogen-bond acceptors (Lipinski definition) is 3. The van der Waals surface area contributed by atoms with Crippen molar-refractivity contribution in [3.8, 4) is 11.5 Å². The smallest absolute Gasteiger partial charge is 0.395 e. The Kier molecular flexibility index (Phi) is 5.19. The van der Waals surface area contributed by atoms with Gasteiger partial charge in [-0.25, -0.2) is 13.3 Å². The minimum absolute atomic E-state index is 0. The first-order valence-electron chi connectivity index (χ1n) is 5.18. The Bertz CT molecular complexity index is 550. The third-order valence-corrected chi connectivity index (χ3v) is 2.95. The maximum Gasteiger partial charge on any atom is 0.584 e. The van der Waals surface area contributed by atoms with Crippen LogP contribution in [-0.2, 0) is 4.57 Å². The molecule has 0 aromatic heterocycles. The minimum Gasteiger partial charge on any atom is -0.395 e. The second kappa shape index (κ2) is 6.45. The molecule has 0 bridgehead atoms. The number of halogens is 3. The van der Waals surface area contributed by atoms with Crippen molar-refractivity contribution in [1.29, 1.82) is 0 Å². The van der Waals surface area contributed by atoms with Gasteiger partial charge < -0.3 is 9.05 Å². The van der Waals surface area contributed by atoms with Gasteiger partial charge in [-0.15, -0.1) is 0 Å². The van der Waals surface area contributed by atoms with E-state index in [1.54, 1.807) is 0 Å². The van der Waals surface area contributed by atoms with Gasteiger partial charge in [-0.05, 0) is 48.5 Å². The summed E-state index contributed by atoms with van der Waals surface area (Å²) >= 11 is 0. The predicted molar refractivity (Wildman–Crippen MR) is 66.4 cm³/mol. The Hall–Kier alpha value is -1.98. The van der Waals surface area contributed by atoms with Crippen LogP contribution in [0.1, 0.15) is 0 Å². The molecule has 0 amide bonds. The Labute approximate surface area is 112 Å². The molecule has 0 aliphatic rings. The normalized spacial score (nSPS) is 10.6. The summed E-state index contributed by atoms with van der Waals surface area (Å²) in [6.45, 7) is 0. The Balaban J connectivity index is 0.00000200. The minimum atomic E-state index is -4.41. The van der Waals surface area contributed by atoms with E-state index < -0.39 is 19.5 Å². The summed E-state index contributed by atoms with van der Waals surface area (Å²) < 4.78 is 46.4. The van der Waals surface area contributed by atoms with Crippen LogP contribution in [0.2, 0.25) is 0 Å². The second-order valence-electron chi connectivity index (χ2n) is 3.56. The maximum absolute atomic E-state index is 12.7. The number of phosphoric acid groups is 1. The van der Waals surface area contributed by atoms with Crippen molar-refractivity contribution in [3.63, 3.8) is 0 Å². The van der Waals surface area contributed by atoms with Crippen molar-refractivity contribution in [2.45, 2.75) is 0 Å². The summed E-state index contributed by atoms with van der Waals surface area (Å²) in [4.78, 5) is 9.48. The van der Waals surface area contributed by atoms with E-state index in [4.69, 9.17) is 9.05 Å².